The maximum atomic E-state index is 12.8. The summed E-state index contributed by atoms with van der Waals surface area (Å²) in [6, 6.07) is 13.3. The molecule has 26 heavy (non-hydrogen) atoms. The summed E-state index contributed by atoms with van der Waals surface area (Å²) in [5.74, 6) is 0.832. The molecule has 136 valence electrons. The van der Waals surface area contributed by atoms with Gasteiger partial charge in [0.25, 0.3) is 0 Å². The normalized spacial score (nSPS) is 16.6. The quantitative estimate of drug-likeness (QED) is 0.763. The Morgan fingerprint density at radius 3 is 2.62 bits per heavy atom. The van der Waals surface area contributed by atoms with Crippen LogP contribution in [0.4, 0.5) is 29.3 Å². The van der Waals surface area contributed by atoms with Gasteiger partial charge in [-0.15, -0.1) is 0 Å². The molecule has 4 nitrogen and oxygen atoms in total. The highest BCUT2D eigenvalue weighted by Gasteiger charge is 2.31. The molecule has 0 spiro atoms. The molecule has 0 radical (unpaired) electrons. The smallest absolute Gasteiger partial charge is 0.307 e. The Balaban J connectivity index is 1.78. The zero-order valence-corrected chi connectivity index (χ0v) is 14.5. The molecule has 1 N–H and O–H groups in total. The van der Waals surface area contributed by atoms with E-state index in [4.69, 9.17) is 0 Å². The van der Waals surface area contributed by atoms with Gasteiger partial charge in [0.2, 0.25) is 0 Å². The summed E-state index contributed by atoms with van der Waals surface area (Å²) >= 11 is 1.45. The fraction of sp³-hybridized carbons (Fsp3) is 0.222. The third-order valence-corrected chi connectivity index (χ3v) is 4.72. The number of urea groups is 1. The molecule has 1 heterocycles. The van der Waals surface area contributed by atoms with Crippen molar-refractivity contribution in [3.63, 3.8) is 0 Å². The Morgan fingerprint density at radius 2 is 1.88 bits per heavy atom. The first-order valence-corrected chi connectivity index (χ1v) is 8.94. The molecule has 1 aliphatic heterocycles. The van der Waals surface area contributed by atoms with Crippen LogP contribution in [0.5, 0.6) is 0 Å². The summed E-state index contributed by atoms with van der Waals surface area (Å²) < 4.78 is 38.5. The van der Waals surface area contributed by atoms with E-state index in [1.165, 1.54) is 28.8 Å². The lowest BCUT2D eigenvalue weighted by Crippen LogP contribution is -2.41. The molecule has 0 aromatic heterocycles. The zero-order valence-electron chi connectivity index (χ0n) is 13.7. The predicted octanol–water partition coefficient (Wildman–Crippen LogP) is 5.36. The summed E-state index contributed by atoms with van der Waals surface area (Å²) in [6.45, 7) is 0.462. The number of carbonyl (C=O) groups excluding carboxylic acids is 1. The van der Waals surface area contributed by atoms with Gasteiger partial charge < -0.3 is 5.32 Å². The highest BCUT2D eigenvalue weighted by Crippen LogP contribution is 2.31. The van der Waals surface area contributed by atoms with Crippen LogP contribution in [0, 0.1) is 0 Å². The van der Waals surface area contributed by atoms with Crippen molar-refractivity contribution in [1.29, 1.82) is 0 Å². The molecule has 0 unspecified atom stereocenters. The van der Waals surface area contributed by atoms with E-state index in [2.05, 4.69) is 10.3 Å². The molecule has 0 aliphatic carbocycles. The van der Waals surface area contributed by atoms with Crippen LogP contribution < -0.4 is 5.32 Å². The molecule has 1 saturated heterocycles. The monoisotopic (exact) mass is 379 g/mol. The van der Waals surface area contributed by atoms with Crippen molar-refractivity contribution in [2.45, 2.75) is 12.6 Å². The van der Waals surface area contributed by atoms with Crippen molar-refractivity contribution in [1.82, 2.24) is 4.90 Å². The summed E-state index contributed by atoms with van der Waals surface area (Å²) in [7, 11) is 0. The van der Waals surface area contributed by atoms with Gasteiger partial charge >= 0.3 is 12.2 Å². The average molecular weight is 379 g/mol. The first-order chi connectivity index (χ1) is 12.4. The first kappa shape index (κ1) is 18.3. The van der Waals surface area contributed by atoms with Crippen LogP contribution in [0.1, 0.15) is 12.0 Å². The number of nitrogens with one attached hydrogen (secondary N) is 1. The van der Waals surface area contributed by atoms with Gasteiger partial charge in [0.05, 0.1) is 11.3 Å². The third kappa shape index (κ3) is 4.57. The van der Waals surface area contributed by atoms with Crippen molar-refractivity contribution in [3.05, 3.63) is 60.2 Å². The predicted molar refractivity (Wildman–Crippen MR) is 97.8 cm³/mol. The number of thioether (sulfide) groups is 1. The Bertz CT molecular complexity index is 809. The van der Waals surface area contributed by atoms with E-state index >= 15 is 0 Å². The molecular formula is C18H16F3N3OS. The van der Waals surface area contributed by atoms with E-state index in [9.17, 15) is 18.0 Å². The number of rotatable bonds is 2. The zero-order chi connectivity index (χ0) is 18.6. The number of nitrogens with zero attached hydrogens (tertiary/aromatic N) is 2. The van der Waals surface area contributed by atoms with Crippen molar-refractivity contribution in [2.75, 3.05) is 17.6 Å². The number of benzene rings is 2. The molecule has 1 aliphatic rings. The maximum Gasteiger partial charge on any atom is 0.416 e. The van der Waals surface area contributed by atoms with Gasteiger partial charge in [-0.05, 0) is 36.8 Å². The topological polar surface area (TPSA) is 44.7 Å². The third-order valence-electron chi connectivity index (χ3n) is 3.66. The molecule has 2 aromatic rings. The average Bonchev–Trinajstić information content (AvgIpc) is 2.62. The van der Waals surface area contributed by atoms with Crippen LogP contribution in [0.3, 0.4) is 0 Å². The van der Waals surface area contributed by atoms with Crippen LogP contribution in [0.15, 0.2) is 59.6 Å². The summed E-state index contributed by atoms with van der Waals surface area (Å²) in [6.07, 6.45) is -3.67. The van der Waals surface area contributed by atoms with Gasteiger partial charge in [-0.1, -0.05) is 36.0 Å². The second-order valence-electron chi connectivity index (χ2n) is 5.59. The summed E-state index contributed by atoms with van der Waals surface area (Å²) in [5.41, 5.74) is 0.00900. The number of hydrogen-bond donors (Lipinski definition) is 1. The number of anilines is 1. The Morgan fingerprint density at radius 1 is 1.12 bits per heavy atom. The number of halogens is 3. The first-order valence-electron chi connectivity index (χ1n) is 7.96. The van der Waals surface area contributed by atoms with Crippen LogP contribution in [0.2, 0.25) is 0 Å². The highest BCUT2D eigenvalue weighted by molar-refractivity contribution is 8.13. The van der Waals surface area contributed by atoms with Crippen molar-refractivity contribution < 1.29 is 18.0 Å². The van der Waals surface area contributed by atoms with Crippen LogP contribution >= 0.6 is 11.8 Å². The van der Waals surface area contributed by atoms with Gasteiger partial charge in [0, 0.05) is 18.0 Å². The minimum Gasteiger partial charge on any atom is -0.307 e. The van der Waals surface area contributed by atoms with Crippen molar-refractivity contribution in [3.8, 4) is 0 Å². The molecule has 2 amide bonds. The lowest BCUT2D eigenvalue weighted by atomic mass is 10.2. The largest absolute Gasteiger partial charge is 0.416 e. The number of aliphatic imine (C=N–C) groups is 1. The number of para-hydroxylation sites is 1. The van der Waals surface area contributed by atoms with E-state index < -0.39 is 17.8 Å². The van der Waals surface area contributed by atoms with Crippen LogP contribution in [-0.4, -0.2) is 28.4 Å². The molecule has 3 rings (SSSR count). The second kappa shape index (κ2) is 7.82. The van der Waals surface area contributed by atoms with Crippen molar-refractivity contribution >= 4 is 34.3 Å². The Labute approximate surface area is 153 Å². The van der Waals surface area contributed by atoms with E-state index in [0.717, 1.165) is 24.3 Å². The molecule has 2 aromatic carbocycles. The molecule has 0 atom stereocenters. The molecule has 0 bridgehead atoms. The fourth-order valence-electron chi connectivity index (χ4n) is 2.42. The summed E-state index contributed by atoms with van der Waals surface area (Å²) in [5, 5.41) is 3.07. The molecular weight excluding hydrogens is 363 g/mol. The molecule has 1 fully saturated rings. The van der Waals surface area contributed by atoms with E-state index in [0.29, 0.717) is 17.4 Å². The number of carbonyl (C=O) groups is 1. The van der Waals surface area contributed by atoms with Gasteiger partial charge in [-0.3, -0.25) is 4.90 Å². The number of amidine groups is 1. The number of amides is 2. The molecule has 8 heteroatoms. The lowest BCUT2D eigenvalue weighted by molar-refractivity contribution is -0.137. The fourth-order valence-corrected chi connectivity index (χ4v) is 3.37. The lowest BCUT2D eigenvalue weighted by Gasteiger charge is -2.28. The Hall–Kier alpha value is -2.48. The van der Waals surface area contributed by atoms with Gasteiger partial charge in [0.15, 0.2) is 5.17 Å². The summed E-state index contributed by atoms with van der Waals surface area (Å²) in [4.78, 5) is 18.5. The molecule has 0 saturated carbocycles. The van der Waals surface area contributed by atoms with Crippen LogP contribution in [0.25, 0.3) is 0 Å². The minimum atomic E-state index is -4.46. The van der Waals surface area contributed by atoms with Crippen LogP contribution in [-0.2, 0) is 6.18 Å². The minimum absolute atomic E-state index is 0.0967. The maximum absolute atomic E-state index is 12.8. The SMILES string of the molecule is O=C(Nc1cccc(C(F)(F)F)c1)N1CCCSC1=Nc1ccccc1. The number of hydrogen-bond acceptors (Lipinski definition) is 3. The highest BCUT2D eigenvalue weighted by atomic mass is 32.2. The van der Waals surface area contributed by atoms with Gasteiger partial charge in [-0.2, -0.15) is 13.2 Å². The second-order valence-corrected chi connectivity index (χ2v) is 6.65. The van der Waals surface area contributed by atoms with Gasteiger partial charge in [-0.25, -0.2) is 9.79 Å². The van der Waals surface area contributed by atoms with E-state index in [-0.39, 0.29) is 5.69 Å². The van der Waals surface area contributed by atoms with E-state index in [1.807, 2.05) is 30.3 Å². The standard InChI is InChI=1S/C18H16F3N3OS/c19-18(20,21)13-6-4-9-15(12-13)22-16(25)24-10-5-11-26-17(24)23-14-7-2-1-3-8-14/h1-4,6-9,12H,5,10-11H2,(H,22,25). The van der Waals surface area contributed by atoms with E-state index in [1.54, 1.807) is 0 Å². The number of alkyl halides is 3. The van der Waals surface area contributed by atoms with Crippen molar-refractivity contribution in [2.24, 2.45) is 4.99 Å². The van der Waals surface area contributed by atoms with Gasteiger partial charge in [0.1, 0.15) is 0 Å². The Kier molecular flexibility index (Phi) is 5.51.